The van der Waals surface area contributed by atoms with Gasteiger partial charge in [0.1, 0.15) is 0 Å². The third-order valence-corrected chi connectivity index (χ3v) is 8.46. The first-order chi connectivity index (χ1) is 14.4. The largest absolute Gasteiger partial charge is 0.392 e. The van der Waals surface area contributed by atoms with Crippen molar-refractivity contribution in [2.24, 2.45) is 11.8 Å². The lowest BCUT2D eigenvalue weighted by Gasteiger charge is -2.32. The number of β-amino-alcohol motifs (C(OH)–C–C–N with tert-alkyl or cyclic N) is 1. The molecule has 0 aromatic heterocycles. The van der Waals surface area contributed by atoms with Gasteiger partial charge in [0.15, 0.2) is 0 Å². The lowest BCUT2D eigenvalue weighted by molar-refractivity contribution is 0.192. The van der Waals surface area contributed by atoms with Gasteiger partial charge in [0, 0.05) is 18.5 Å². The Kier molecular flexibility index (Phi) is 7.03. The highest BCUT2D eigenvalue weighted by atomic mass is 16.3. The zero-order chi connectivity index (χ0) is 23.0. The molecule has 1 fully saturated rings. The Bertz CT molecular complexity index is 782. The van der Waals surface area contributed by atoms with E-state index in [2.05, 4.69) is 109 Å². The molecule has 1 heterocycles. The van der Waals surface area contributed by atoms with Crippen LogP contribution in [0.15, 0.2) is 48.5 Å². The fraction of sp³-hybridized carbons (Fsp3) is 0.586. The second-order valence-corrected chi connectivity index (χ2v) is 11.4. The molecular formula is C29H43NO. The molecule has 2 N–H and O–H groups in total. The van der Waals surface area contributed by atoms with Crippen molar-refractivity contribution in [1.29, 1.82) is 0 Å². The Labute approximate surface area is 190 Å². The summed E-state index contributed by atoms with van der Waals surface area (Å²) in [6.45, 7) is 19.2. The highest BCUT2D eigenvalue weighted by Crippen LogP contribution is 2.37. The van der Waals surface area contributed by atoms with E-state index in [1.807, 2.05) is 0 Å². The van der Waals surface area contributed by atoms with E-state index >= 15 is 0 Å². The van der Waals surface area contributed by atoms with E-state index in [4.69, 9.17) is 0 Å². The van der Waals surface area contributed by atoms with Gasteiger partial charge in [-0.1, -0.05) is 104 Å². The number of benzene rings is 2. The van der Waals surface area contributed by atoms with Gasteiger partial charge in [-0.25, -0.2) is 0 Å². The number of hydrogen-bond donors (Lipinski definition) is 2. The van der Waals surface area contributed by atoms with Crippen LogP contribution in [0, 0.1) is 11.8 Å². The minimum absolute atomic E-state index is 0.153. The summed E-state index contributed by atoms with van der Waals surface area (Å²) in [5.74, 6) is 1.40. The van der Waals surface area contributed by atoms with Crippen LogP contribution in [0.2, 0.25) is 0 Å². The summed E-state index contributed by atoms with van der Waals surface area (Å²) in [6.07, 6.45) is 0.536. The van der Waals surface area contributed by atoms with Crippen LogP contribution in [0.25, 0.3) is 0 Å². The predicted molar refractivity (Wildman–Crippen MR) is 133 cm³/mol. The first kappa shape index (κ1) is 24.0. The van der Waals surface area contributed by atoms with Gasteiger partial charge in [0.25, 0.3) is 0 Å². The SMILES string of the molecule is CC(C)C(C)(C)c1ccc(C(c2ccc(C(C)(C)C(C)C)cc2)C2C[C@H](O)CN2)cc1. The van der Waals surface area contributed by atoms with E-state index in [0.29, 0.717) is 18.4 Å². The van der Waals surface area contributed by atoms with Crippen LogP contribution in [0.1, 0.15) is 90.0 Å². The number of rotatable bonds is 7. The molecule has 2 aromatic carbocycles. The van der Waals surface area contributed by atoms with Gasteiger partial charge < -0.3 is 10.4 Å². The van der Waals surface area contributed by atoms with Crippen molar-refractivity contribution >= 4 is 0 Å². The molecule has 31 heavy (non-hydrogen) atoms. The van der Waals surface area contributed by atoms with Crippen LogP contribution in [0.5, 0.6) is 0 Å². The van der Waals surface area contributed by atoms with E-state index < -0.39 is 0 Å². The van der Waals surface area contributed by atoms with Crippen molar-refractivity contribution in [3.63, 3.8) is 0 Å². The number of nitrogens with one attached hydrogen (secondary N) is 1. The quantitative estimate of drug-likeness (QED) is 0.541. The molecule has 0 saturated carbocycles. The summed E-state index contributed by atoms with van der Waals surface area (Å²) in [6, 6.07) is 18.7. The molecule has 1 aliphatic rings. The van der Waals surface area contributed by atoms with Crippen molar-refractivity contribution in [3.05, 3.63) is 70.8 Å². The molecule has 3 rings (SSSR count). The molecule has 1 unspecified atom stereocenters. The minimum atomic E-state index is -0.259. The molecule has 2 nitrogen and oxygen atoms in total. The predicted octanol–water partition coefficient (Wildman–Crippen LogP) is 6.41. The lowest BCUT2D eigenvalue weighted by Crippen LogP contribution is -2.30. The minimum Gasteiger partial charge on any atom is -0.392 e. The average molecular weight is 422 g/mol. The van der Waals surface area contributed by atoms with Crippen LogP contribution in [0.4, 0.5) is 0 Å². The normalized spacial score (nSPS) is 20.3. The molecule has 2 atom stereocenters. The van der Waals surface area contributed by atoms with E-state index in [1.165, 1.54) is 22.3 Å². The van der Waals surface area contributed by atoms with Gasteiger partial charge in [-0.15, -0.1) is 0 Å². The maximum Gasteiger partial charge on any atom is 0.0679 e. The van der Waals surface area contributed by atoms with E-state index in [9.17, 15) is 5.11 Å². The molecule has 2 heteroatoms. The smallest absolute Gasteiger partial charge is 0.0679 e. The van der Waals surface area contributed by atoms with Gasteiger partial charge in [0.2, 0.25) is 0 Å². The Morgan fingerprint density at radius 1 is 0.742 bits per heavy atom. The molecule has 170 valence electrons. The zero-order valence-corrected chi connectivity index (χ0v) is 20.9. The van der Waals surface area contributed by atoms with Crippen molar-refractivity contribution in [2.45, 2.75) is 90.7 Å². The number of aliphatic hydroxyl groups is 1. The molecule has 1 saturated heterocycles. The van der Waals surface area contributed by atoms with Crippen molar-refractivity contribution in [3.8, 4) is 0 Å². The maximum absolute atomic E-state index is 10.2. The molecule has 0 radical (unpaired) electrons. The van der Waals surface area contributed by atoms with Gasteiger partial charge in [-0.3, -0.25) is 0 Å². The summed E-state index contributed by atoms with van der Waals surface area (Å²) < 4.78 is 0. The summed E-state index contributed by atoms with van der Waals surface area (Å²) in [5, 5.41) is 13.8. The molecule has 0 bridgehead atoms. The summed E-state index contributed by atoms with van der Waals surface area (Å²) >= 11 is 0. The molecular weight excluding hydrogens is 378 g/mol. The summed E-state index contributed by atoms with van der Waals surface area (Å²) in [4.78, 5) is 0. The van der Waals surface area contributed by atoms with Crippen molar-refractivity contribution < 1.29 is 5.11 Å². The van der Waals surface area contributed by atoms with Crippen LogP contribution < -0.4 is 5.32 Å². The maximum atomic E-state index is 10.2. The average Bonchev–Trinajstić information content (AvgIpc) is 3.14. The van der Waals surface area contributed by atoms with Crippen LogP contribution >= 0.6 is 0 Å². The van der Waals surface area contributed by atoms with Crippen LogP contribution in [-0.4, -0.2) is 23.8 Å². The Morgan fingerprint density at radius 3 is 1.42 bits per heavy atom. The van der Waals surface area contributed by atoms with E-state index in [0.717, 1.165) is 6.42 Å². The van der Waals surface area contributed by atoms with E-state index in [-0.39, 0.29) is 28.9 Å². The third-order valence-electron chi connectivity index (χ3n) is 8.46. The highest BCUT2D eigenvalue weighted by molar-refractivity contribution is 5.40. The summed E-state index contributed by atoms with van der Waals surface area (Å²) in [7, 11) is 0. The molecule has 0 spiro atoms. The fourth-order valence-electron chi connectivity index (χ4n) is 4.56. The Hall–Kier alpha value is -1.64. The van der Waals surface area contributed by atoms with E-state index in [1.54, 1.807) is 0 Å². The first-order valence-corrected chi connectivity index (χ1v) is 12.1. The Balaban J connectivity index is 1.96. The first-order valence-electron chi connectivity index (χ1n) is 12.1. The molecule has 1 aliphatic heterocycles. The van der Waals surface area contributed by atoms with Crippen LogP contribution in [0.3, 0.4) is 0 Å². The lowest BCUT2D eigenvalue weighted by atomic mass is 9.73. The molecule has 2 aromatic rings. The fourth-order valence-corrected chi connectivity index (χ4v) is 4.56. The number of hydrogen-bond acceptors (Lipinski definition) is 2. The zero-order valence-electron chi connectivity index (χ0n) is 20.9. The van der Waals surface area contributed by atoms with Crippen molar-refractivity contribution in [1.82, 2.24) is 5.32 Å². The van der Waals surface area contributed by atoms with Gasteiger partial charge in [0.05, 0.1) is 6.10 Å². The molecule has 0 aliphatic carbocycles. The second kappa shape index (κ2) is 9.08. The Morgan fingerprint density at radius 2 is 1.13 bits per heavy atom. The highest BCUT2D eigenvalue weighted by Gasteiger charge is 2.33. The topological polar surface area (TPSA) is 32.3 Å². The molecule has 0 amide bonds. The van der Waals surface area contributed by atoms with Gasteiger partial charge >= 0.3 is 0 Å². The van der Waals surface area contributed by atoms with Gasteiger partial charge in [-0.05, 0) is 51.3 Å². The van der Waals surface area contributed by atoms with Crippen molar-refractivity contribution in [2.75, 3.05) is 6.54 Å². The van der Waals surface area contributed by atoms with Gasteiger partial charge in [-0.2, -0.15) is 0 Å². The third kappa shape index (κ3) is 4.91. The monoisotopic (exact) mass is 421 g/mol. The number of aliphatic hydroxyl groups excluding tert-OH is 1. The van der Waals surface area contributed by atoms with Crippen LogP contribution in [-0.2, 0) is 10.8 Å². The summed E-state index contributed by atoms with van der Waals surface area (Å²) in [5.41, 5.74) is 5.73. The second-order valence-electron chi connectivity index (χ2n) is 11.4. The standard InChI is InChI=1S/C29H43NO/c1-19(2)28(5,6)23-13-9-21(10-14-23)27(26-17-25(31)18-30-26)22-11-15-24(16-12-22)29(7,8)20(3)4/h9-16,19-20,25-27,30-31H,17-18H2,1-8H3/t25-,26?/m0/s1.